The summed E-state index contributed by atoms with van der Waals surface area (Å²) >= 11 is 0. The molecule has 8 nitrogen and oxygen atoms in total. The van der Waals surface area contributed by atoms with Crippen molar-refractivity contribution in [2.75, 3.05) is 32.8 Å². The van der Waals surface area contributed by atoms with Crippen molar-refractivity contribution in [3.8, 4) is 5.75 Å². The number of hydrogen-bond donors (Lipinski definition) is 2. The average molecular weight is 397 g/mol. The Labute approximate surface area is 160 Å². The van der Waals surface area contributed by atoms with Gasteiger partial charge in [0.25, 0.3) is 0 Å². The van der Waals surface area contributed by atoms with Crippen LogP contribution < -0.4 is 14.8 Å². The Balaban J connectivity index is 1.65. The van der Waals surface area contributed by atoms with Gasteiger partial charge in [-0.25, -0.2) is 13.1 Å². The average Bonchev–Trinajstić information content (AvgIpc) is 3.04. The molecule has 150 valence electrons. The third-order valence-corrected chi connectivity index (χ3v) is 5.66. The lowest BCUT2D eigenvalue weighted by atomic mass is 10.3. The molecule has 9 heteroatoms. The molecule has 1 aliphatic rings. The zero-order valence-corrected chi connectivity index (χ0v) is 16.4. The zero-order valence-electron chi connectivity index (χ0n) is 15.6. The molecule has 1 aromatic carbocycles. The van der Waals surface area contributed by atoms with E-state index in [1.165, 1.54) is 12.1 Å². The third kappa shape index (κ3) is 6.84. The molecule has 1 heterocycles. The van der Waals surface area contributed by atoms with E-state index >= 15 is 0 Å². The maximum Gasteiger partial charge on any atom is 0.240 e. The quantitative estimate of drug-likeness (QED) is 0.540. The van der Waals surface area contributed by atoms with Crippen LogP contribution in [0.4, 0.5) is 0 Å². The molecule has 0 bridgehead atoms. The number of nitrogens with one attached hydrogen (secondary N) is 2. The lowest BCUT2D eigenvalue weighted by Crippen LogP contribution is -2.33. The normalized spacial score (nSPS) is 14.4. The third-order valence-electron chi connectivity index (χ3n) is 4.19. The summed E-state index contributed by atoms with van der Waals surface area (Å²) in [5, 5.41) is 2.74. The van der Waals surface area contributed by atoms with Crippen LogP contribution in [0.2, 0.25) is 0 Å². The second-order valence-corrected chi connectivity index (χ2v) is 8.01. The van der Waals surface area contributed by atoms with Crippen molar-refractivity contribution in [2.45, 2.75) is 37.5 Å². The van der Waals surface area contributed by atoms with E-state index in [9.17, 15) is 18.0 Å². The van der Waals surface area contributed by atoms with Gasteiger partial charge in [0.15, 0.2) is 0 Å². The summed E-state index contributed by atoms with van der Waals surface area (Å²) in [6, 6.07) is 6.12. The largest absolute Gasteiger partial charge is 0.494 e. The van der Waals surface area contributed by atoms with Gasteiger partial charge in [-0.1, -0.05) is 0 Å². The number of amides is 2. The van der Waals surface area contributed by atoms with Crippen LogP contribution in [0.5, 0.6) is 5.75 Å². The van der Waals surface area contributed by atoms with Gasteiger partial charge in [-0.3, -0.25) is 9.59 Å². The molecule has 0 atom stereocenters. The van der Waals surface area contributed by atoms with Gasteiger partial charge in [0.1, 0.15) is 5.75 Å². The summed E-state index contributed by atoms with van der Waals surface area (Å²) in [5.41, 5.74) is 0. The molecule has 2 amide bonds. The van der Waals surface area contributed by atoms with E-state index in [-0.39, 0.29) is 29.7 Å². The first-order valence-electron chi connectivity index (χ1n) is 9.19. The van der Waals surface area contributed by atoms with Crippen LogP contribution in [0.1, 0.15) is 32.6 Å². The van der Waals surface area contributed by atoms with Crippen LogP contribution >= 0.6 is 0 Å². The van der Waals surface area contributed by atoms with Crippen molar-refractivity contribution in [1.29, 1.82) is 0 Å². The number of carbonyl (C=O) groups is 2. The highest BCUT2D eigenvalue weighted by Crippen LogP contribution is 2.15. The van der Waals surface area contributed by atoms with Gasteiger partial charge in [0.2, 0.25) is 21.8 Å². The van der Waals surface area contributed by atoms with Crippen LogP contribution in [0.3, 0.4) is 0 Å². The first kappa shape index (κ1) is 21.2. The van der Waals surface area contributed by atoms with Crippen LogP contribution in [0.25, 0.3) is 0 Å². The standard InChI is InChI=1S/C18H27N3O5S/c1-2-26-15-6-8-16(9-7-15)27(24,25)20-12-10-17(22)19-11-4-14-21-13-3-5-18(21)23/h6-9,20H,2-5,10-14H2,1H3,(H,19,22). The molecule has 1 saturated heterocycles. The van der Waals surface area contributed by atoms with Gasteiger partial charge in [-0.15, -0.1) is 0 Å². The fourth-order valence-electron chi connectivity index (χ4n) is 2.79. The molecule has 0 aromatic heterocycles. The van der Waals surface area contributed by atoms with Crippen molar-refractivity contribution in [3.05, 3.63) is 24.3 Å². The predicted molar refractivity (Wildman–Crippen MR) is 101 cm³/mol. The molecule has 1 aliphatic heterocycles. The van der Waals surface area contributed by atoms with Crippen LogP contribution in [-0.2, 0) is 19.6 Å². The zero-order chi connectivity index (χ0) is 19.7. The number of rotatable bonds is 11. The minimum Gasteiger partial charge on any atom is -0.494 e. The van der Waals surface area contributed by atoms with E-state index in [4.69, 9.17) is 4.74 Å². The summed E-state index contributed by atoms with van der Waals surface area (Å²) in [7, 11) is -3.66. The van der Waals surface area contributed by atoms with Crippen molar-refractivity contribution in [2.24, 2.45) is 0 Å². The molecular formula is C18H27N3O5S. The molecule has 2 N–H and O–H groups in total. The number of sulfonamides is 1. The molecule has 1 aromatic rings. The first-order valence-corrected chi connectivity index (χ1v) is 10.7. The number of hydrogen-bond acceptors (Lipinski definition) is 5. The summed E-state index contributed by atoms with van der Waals surface area (Å²) < 4.78 is 32.1. The van der Waals surface area contributed by atoms with E-state index in [2.05, 4.69) is 10.0 Å². The topological polar surface area (TPSA) is 105 Å². The minimum atomic E-state index is -3.66. The summed E-state index contributed by atoms with van der Waals surface area (Å²) in [6.07, 6.45) is 2.26. The highest BCUT2D eigenvalue weighted by molar-refractivity contribution is 7.89. The molecule has 27 heavy (non-hydrogen) atoms. The minimum absolute atomic E-state index is 0.0198. The fourth-order valence-corrected chi connectivity index (χ4v) is 3.82. The molecule has 1 fully saturated rings. The van der Waals surface area contributed by atoms with Gasteiger partial charge in [-0.2, -0.15) is 0 Å². The van der Waals surface area contributed by atoms with Crippen molar-refractivity contribution in [1.82, 2.24) is 14.9 Å². The highest BCUT2D eigenvalue weighted by atomic mass is 32.2. The van der Waals surface area contributed by atoms with Gasteiger partial charge >= 0.3 is 0 Å². The van der Waals surface area contributed by atoms with E-state index in [1.54, 1.807) is 17.0 Å². The highest BCUT2D eigenvalue weighted by Gasteiger charge is 2.19. The number of nitrogens with zero attached hydrogens (tertiary/aromatic N) is 1. The Morgan fingerprint density at radius 2 is 1.96 bits per heavy atom. The molecule has 0 aliphatic carbocycles. The fraction of sp³-hybridized carbons (Fsp3) is 0.556. The van der Waals surface area contributed by atoms with E-state index in [1.807, 2.05) is 6.92 Å². The van der Waals surface area contributed by atoms with Crippen molar-refractivity contribution < 1.29 is 22.7 Å². The number of ether oxygens (including phenoxy) is 1. The van der Waals surface area contributed by atoms with Crippen LogP contribution in [0.15, 0.2) is 29.2 Å². The smallest absolute Gasteiger partial charge is 0.240 e. The second kappa shape index (κ2) is 10.3. The lowest BCUT2D eigenvalue weighted by molar-refractivity contribution is -0.127. The second-order valence-electron chi connectivity index (χ2n) is 6.24. The van der Waals surface area contributed by atoms with E-state index in [0.717, 1.165) is 13.0 Å². The Morgan fingerprint density at radius 1 is 1.22 bits per heavy atom. The molecule has 0 unspecified atom stereocenters. The van der Waals surface area contributed by atoms with Gasteiger partial charge in [0, 0.05) is 39.0 Å². The monoisotopic (exact) mass is 397 g/mol. The Hall–Kier alpha value is -2.13. The maximum atomic E-state index is 12.2. The number of benzene rings is 1. The first-order chi connectivity index (χ1) is 12.9. The van der Waals surface area contributed by atoms with Crippen LogP contribution in [-0.4, -0.2) is 57.9 Å². The van der Waals surface area contributed by atoms with Crippen LogP contribution in [0, 0.1) is 0 Å². The van der Waals surface area contributed by atoms with E-state index < -0.39 is 10.0 Å². The molecule has 0 saturated carbocycles. The van der Waals surface area contributed by atoms with Crippen molar-refractivity contribution in [3.63, 3.8) is 0 Å². The maximum absolute atomic E-state index is 12.2. The SMILES string of the molecule is CCOc1ccc(S(=O)(=O)NCCC(=O)NCCCN2CCCC2=O)cc1. The Kier molecular flexibility index (Phi) is 8.05. The summed E-state index contributed by atoms with van der Waals surface area (Å²) in [6.45, 7) is 4.28. The molecule has 0 spiro atoms. The molecule has 2 rings (SSSR count). The van der Waals surface area contributed by atoms with Gasteiger partial charge in [-0.05, 0) is 44.0 Å². The Morgan fingerprint density at radius 3 is 2.59 bits per heavy atom. The number of likely N-dealkylation sites (tertiary alicyclic amines) is 1. The lowest BCUT2D eigenvalue weighted by Gasteiger charge is -2.15. The summed E-state index contributed by atoms with van der Waals surface area (Å²) in [5.74, 6) is 0.550. The Bertz CT molecular complexity index is 734. The van der Waals surface area contributed by atoms with Gasteiger partial charge < -0.3 is 15.0 Å². The molecule has 0 radical (unpaired) electrons. The predicted octanol–water partition coefficient (Wildman–Crippen LogP) is 0.882. The van der Waals surface area contributed by atoms with Crippen molar-refractivity contribution >= 4 is 21.8 Å². The van der Waals surface area contributed by atoms with Gasteiger partial charge in [0.05, 0.1) is 11.5 Å². The number of carbonyl (C=O) groups excluding carboxylic acids is 2. The molecular weight excluding hydrogens is 370 g/mol. The summed E-state index contributed by atoms with van der Waals surface area (Å²) in [4.78, 5) is 25.2. The van der Waals surface area contributed by atoms with E-state index in [0.29, 0.717) is 38.3 Å².